The van der Waals surface area contributed by atoms with Crippen molar-refractivity contribution in [2.24, 2.45) is 0 Å². The van der Waals surface area contributed by atoms with Crippen molar-refractivity contribution >= 4 is 11.4 Å². The largest absolute Gasteiger partial charge is 0.294 e. The number of aromatic nitrogens is 2. The number of allylic oxidation sites excluding steroid dienone is 2. The molecular formula is C9H8N2O. The monoisotopic (exact) mass is 160 g/mol. The summed E-state index contributed by atoms with van der Waals surface area (Å²) in [5.74, 6) is 0.709. The van der Waals surface area contributed by atoms with Crippen LogP contribution in [-0.4, -0.2) is 15.8 Å². The molecule has 0 saturated carbocycles. The lowest BCUT2D eigenvalue weighted by molar-refractivity contribution is -0.113. The smallest absolute Gasteiger partial charge is 0.166 e. The van der Waals surface area contributed by atoms with E-state index in [2.05, 4.69) is 9.97 Å². The molecule has 0 N–H and O–H groups in total. The van der Waals surface area contributed by atoms with Gasteiger partial charge in [0.2, 0.25) is 0 Å². The molecule has 0 spiro atoms. The van der Waals surface area contributed by atoms with Crippen molar-refractivity contribution < 1.29 is 4.79 Å². The molecule has 1 aromatic heterocycles. The molecule has 60 valence electrons. The van der Waals surface area contributed by atoms with E-state index in [1.807, 2.05) is 6.08 Å². The first-order valence-electron chi connectivity index (χ1n) is 3.88. The molecule has 0 aromatic carbocycles. The quantitative estimate of drug-likeness (QED) is 0.620. The Bertz CT molecular complexity index is 330. The summed E-state index contributed by atoms with van der Waals surface area (Å²) in [6.07, 6.45) is 6.63. The third kappa shape index (κ3) is 1.13. The predicted molar refractivity (Wildman–Crippen MR) is 44.3 cm³/mol. The lowest BCUT2D eigenvalue weighted by Gasteiger charge is -1.95. The molecule has 0 amide bonds. The summed E-state index contributed by atoms with van der Waals surface area (Å²) in [6.45, 7) is 0. The van der Waals surface area contributed by atoms with E-state index in [1.165, 1.54) is 0 Å². The van der Waals surface area contributed by atoms with Gasteiger partial charge in [-0.1, -0.05) is 6.08 Å². The summed E-state index contributed by atoms with van der Waals surface area (Å²) in [7, 11) is 0. The first kappa shape index (κ1) is 7.16. The van der Waals surface area contributed by atoms with Crippen LogP contribution in [0.5, 0.6) is 0 Å². The molecule has 2 rings (SSSR count). The summed E-state index contributed by atoms with van der Waals surface area (Å²) in [4.78, 5) is 19.2. The number of rotatable bonds is 1. The van der Waals surface area contributed by atoms with Crippen LogP contribution in [0, 0.1) is 0 Å². The molecule has 0 aliphatic heterocycles. The van der Waals surface area contributed by atoms with Crippen LogP contribution in [0.15, 0.2) is 24.5 Å². The summed E-state index contributed by atoms with van der Waals surface area (Å²) in [6, 6.07) is 1.74. The normalized spacial score (nSPS) is 16.3. The van der Waals surface area contributed by atoms with Crippen molar-refractivity contribution in [3.05, 3.63) is 30.4 Å². The van der Waals surface area contributed by atoms with Crippen molar-refractivity contribution in [2.75, 3.05) is 0 Å². The molecule has 0 saturated heterocycles. The van der Waals surface area contributed by atoms with Gasteiger partial charge >= 0.3 is 0 Å². The predicted octanol–water partition coefficient (Wildman–Crippen LogP) is 1.22. The Morgan fingerprint density at radius 3 is 2.58 bits per heavy atom. The van der Waals surface area contributed by atoms with Crippen LogP contribution >= 0.6 is 0 Å². The van der Waals surface area contributed by atoms with E-state index in [1.54, 1.807) is 18.5 Å². The van der Waals surface area contributed by atoms with Crippen molar-refractivity contribution in [3.8, 4) is 0 Å². The number of carbonyl (C=O) groups is 1. The molecule has 1 aliphatic rings. The molecule has 0 bridgehead atoms. The Morgan fingerprint density at radius 2 is 2.00 bits per heavy atom. The van der Waals surface area contributed by atoms with Gasteiger partial charge in [-0.05, 0) is 12.5 Å². The first-order valence-corrected chi connectivity index (χ1v) is 3.88. The summed E-state index contributed by atoms with van der Waals surface area (Å²) >= 11 is 0. The molecule has 0 radical (unpaired) electrons. The number of ketones is 1. The van der Waals surface area contributed by atoms with Crippen LogP contribution in [-0.2, 0) is 4.79 Å². The van der Waals surface area contributed by atoms with Crippen molar-refractivity contribution in [1.29, 1.82) is 0 Å². The van der Waals surface area contributed by atoms with Gasteiger partial charge in [0.1, 0.15) is 0 Å². The molecule has 1 aliphatic carbocycles. The summed E-state index contributed by atoms with van der Waals surface area (Å²) < 4.78 is 0. The van der Waals surface area contributed by atoms with Crippen molar-refractivity contribution in [1.82, 2.24) is 9.97 Å². The number of Topliss-reactive ketones (excluding diaryl/α,β-unsaturated/α-hetero) is 1. The molecule has 1 aromatic rings. The highest BCUT2D eigenvalue weighted by Crippen LogP contribution is 2.20. The fraction of sp³-hybridized carbons (Fsp3) is 0.222. The standard InChI is InChI=1S/C9H8N2O/c12-8-4-1-3-7(8)9-10-5-2-6-11-9/h2-3,5-6H,1,4H2. The Morgan fingerprint density at radius 1 is 1.25 bits per heavy atom. The Balaban J connectivity index is 2.38. The zero-order chi connectivity index (χ0) is 8.39. The Kier molecular flexibility index (Phi) is 1.70. The maximum Gasteiger partial charge on any atom is 0.166 e. The van der Waals surface area contributed by atoms with E-state index in [0.29, 0.717) is 17.8 Å². The fourth-order valence-corrected chi connectivity index (χ4v) is 1.25. The summed E-state index contributed by atoms with van der Waals surface area (Å²) in [5.41, 5.74) is 0.676. The average molecular weight is 160 g/mol. The molecule has 0 atom stereocenters. The topological polar surface area (TPSA) is 42.9 Å². The maximum atomic E-state index is 11.2. The van der Waals surface area contributed by atoms with Gasteiger partial charge in [0, 0.05) is 18.8 Å². The van der Waals surface area contributed by atoms with Gasteiger partial charge < -0.3 is 0 Å². The average Bonchev–Trinajstić information content (AvgIpc) is 2.53. The minimum atomic E-state index is 0.154. The van der Waals surface area contributed by atoms with Crippen LogP contribution in [0.4, 0.5) is 0 Å². The molecule has 3 nitrogen and oxygen atoms in total. The van der Waals surface area contributed by atoms with Crippen LogP contribution in [0.2, 0.25) is 0 Å². The van der Waals surface area contributed by atoms with Gasteiger partial charge in [0.05, 0.1) is 5.57 Å². The zero-order valence-electron chi connectivity index (χ0n) is 6.53. The van der Waals surface area contributed by atoms with E-state index in [0.717, 1.165) is 6.42 Å². The second-order valence-electron chi connectivity index (χ2n) is 2.65. The van der Waals surface area contributed by atoms with E-state index in [4.69, 9.17) is 0 Å². The molecule has 12 heavy (non-hydrogen) atoms. The van der Waals surface area contributed by atoms with Gasteiger partial charge in [-0.3, -0.25) is 4.79 Å². The van der Waals surface area contributed by atoms with Gasteiger partial charge in [-0.25, -0.2) is 9.97 Å². The second-order valence-corrected chi connectivity index (χ2v) is 2.65. The Labute approximate surface area is 70.2 Å². The van der Waals surface area contributed by atoms with Gasteiger partial charge in [0.15, 0.2) is 11.6 Å². The Hall–Kier alpha value is -1.51. The lowest BCUT2D eigenvalue weighted by Crippen LogP contribution is -1.99. The third-order valence-electron chi connectivity index (χ3n) is 1.83. The van der Waals surface area contributed by atoms with Crippen molar-refractivity contribution in [2.45, 2.75) is 12.8 Å². The highest BCUT2D eigenvalue weighted by atomic mass is 16.1. The fourth-order valence-electron chi connectivity index (χ4n) is 1.25. The van der Waals surface area contributed by atoms with E-state index >= 15 is 0 Å². The van der Waals surface area contributed by atoms with Crippen LogP contribution in [0.3, 0.4) is 0 Å². The zero-order valence-corrected chi connectivity index (χ0v) is 6.53. The van der Waals surface area contributed by atoms with Gasteiger partial charge in [-0.15, -0.1) is 0 Å². The number of carbonyl (C=O) groups excluding carboxylic acids is 1. The minimum absolute atomic E-state index is 0.154. The van der Waals surface area contributed by atoms with E-state index in [9.17, 15) is 4.79 Å². The molecule has 0 fully saturated rings. The maximum absolute atomic E-state index is 11.2. The SMILES string of the molecule is O=C1CCC=C1c1ncccn1. The van der Waals surface area contributed by atoms with Crippen LogP contribution < -0.4 is 0 Å². The van der Waals surface area contributed by atoms with Gasteiger partial charge in [0.25, 0.3) is 0 Å². The minimum Gasteiger partial charge on any atom is -0.294 e. The molecular weight excluding hydrogens is 152 g/mol. The lowest BCUT2D eigenvalue weighted by atomic mass is 10.2. The van der Waals surface area contributed by atoms with E-state index in [-0.39, 0.29) is 5.78 Å². The van der Waals surface area contributed by atoms with Crippen molar-refractivity contribution in [3.63, 3.8) is 0 Å². The third-order valence-corrected chi connectivity index (χ3v) is 1.83. The summed E-state index contributed by atoms with van der Waals surface area (Å²) in [5, 5.41) is 0. The van der Waals surface area contributed by atoms with Crippen LogP contribution in [0.25, 0.3) is 5.57 Å². The highest BCUT2D eigenvalue weighted by molar-refractivity contribution is 6.21. The number of hydrogen-bond donors (Lipinski definition) is 0. The molecule has 0 unspecified atom stereocenters. The van der Waals surface area contributed by atoms with Gasteiger partial charge in [-0.2, -0.15) is 0 Å². The molecule has 3 heteroatoms. The highest BCUT2D eigenvalue weighted by Gasteiger charge is 2.18. The second kappa shape index (κ2) is 2.85. The number of nitrogens with zero attached hydrogens (tertiary/aromatic N) is 2. The van der Waals surface area contributed by atoms with Crippen LogP contribution in [0.1, 0.15) is 18.7 Å². The first-order chi connectivity index (χ1) is 5.88. The van der Waals surface area contributed by atoms with E-state index < -0.39 is 0 Å². The number of hydrogen-bond acceptors (Lipinski definition) is 3. The molecule has 1 heterocycles.